The Kier molecular flexibility index (Phi) is 4.28. The molecule has 1 fully saturated rings. The Bertz CT molecular complexity index is 525. The van der Waals surface area contributed by atoms with Gasteiger partial charge in [0.1, 0.15) is 0 Å². The monoisotopic (exact) mass is 282 g/mol. The van der Waals surface area contributed by atoms with Gasteiger partial charge in [-0.25, -0.2) is 8.42 Å². The highest BCUT2D eigenvalue weighted by molar-refractivity contribution is 7.89. The highest BCUT2D eigenvalue weighted by Crippen LogP contribution is 2.20. The van der Waals surface area contributed by atoms with E-state index in [-0.39, 0.29) is 6.04 Å². The molecule has 0 N–H and O–H groups in total. The van der Waals surface area contributed by atoms with E-state index in [1.807, 2.05) is 19.2 Å². The van der Waals surface area contributed by atoms with Crippen molar-refractivity contribution in [3.05, 3.63) is 29.8 Å². The van der Waals surface area contributed by atoms with Crippen LogP contribution in [-0.4, -0.2) is 50.3 Å². The Hall–Kier alpha value is -0.910. The van der Waals surface area contributed by atoms with E-state index in [4.69, 9.17) is 0 Å². The molecule has 0 aromatic heterocycles. The number of benzene rings is 1. The van der Waals surface area contributed by atoms with Crippen molar-refractivity contribution in [2.75, 3.05) is 26.7 Å². The van der Waals surface area contributed by atoms with Crippen LogP contribution in [0, 0.1) is 0 Å². The number of nitrogens with zero attached hydrogens (tertiary/aromatic N) is 2. The van der Waals surface area contributed by atoms with Crippen LogP contribution in [-0.2, 0) is 16.4 Å². The number of hydrogen-bond donors (Lipinski definition) is 0. The van der Waals surface area contributed by atoms with Crippen LogP contribution in [0.15, 0.2) is 29.2 Å². The van der Waals surface area contributed by atoms with Crippen LogP contribution in [0.25, 0.3) is 0 Å². The van der Waals surface area contributed by atoms with Crippen molar-refractivity contribution in [3.8, 4) is 0 Å². The second-order valence-electron chi connectivity index (χ2n) is 5.19. The van der Waals surface area contributed by atoms with E-state index in [2.05, 4.69) is 18.7 Å². The molecule has 1 unspecified atom stereocenters. The normalized spacial score (nSPS) is 22.6. The fourth-order valence-corrected chi connectivity index (χ4v) is 3.79. The summed E-state index contributed by atoms with van der Waals surface area (Å²) in [7, 11) is -1.30. The van der Waals surface area contributed by atoms with Gasteiger partial charge in [-0.15, -0.1) is 0 Å². The summed E-state index contributed by atoms with van der Waals surface area (Å²) in [5.41, 5.74) is 1.16. The van der Waals surface area contributed by atoms with Crippen molar-refractivity contribution in [1.29, 1.82) is 0 Å². The second kappa shape index (κ2) is 5.61. The first kappa shape index (κ1) is 14.5. The van der Waals surface area contributed by atoms with Gasteiger partial charge in [0.2, 0.25) is 10.0 Å². The third-order valence-corrected chi connectivity index (χ3v) is 5.77. The van der Waals surface area contributed by atoms with Gasteiger partial charge < -0.3 is 4.90 Å². The van der Waals surface area contributed by atoms with Crippen molar-refractivity contribution in [2.45, 2.75) is 31.2 Å². The first-order valence-electron chi connectivity index (χ1n) is 6.74. The van der Waals surface area contributed by atoms with Crippen molar-refractivity contribution in [2.24, 2.45) is 0 Å². The Morgan fingerprint density at radius 3 is 2.37 bits per heavy atom. The number of likely N-dealkylation sites (N-methyl/N-ethyl adjacent to an activating group) is 1. The van der Waals surface area contributed by atoms with Gasteiger partial charge in [-0.2, -0.15) is 4.31 Å². The van der Waals surface area contributed by atoms with E-state index in [9.17, 15) is 8.42 Å². The van der Waals surface area contributed by atoms with Crippen molar-refractivity contribution >= 4 is 10.0 Å². The fraction of sp³-hybridized carbons (Fsp3) is 0.571. The lowest BCUT2D eigenvalue weighted by molar-refractivity contribution is 0.159. The number of piperazine rings is 1. The van der Waals surface area contributed by atoms with Crippen molar-refractivity contribution in [3.63, 3.8) is 0 Å². The molecule has 1 heterocycles. The van der Waals surface area contributed by atoms with E-state index >= 15 is 0 Å². The minimum Gasteiger partial charge on any atom is -0.301 e. The molecule has 0 amide bonds. The Morgan fingerprint density at radius 1 is 1.21 bits per heavy atom. The van der Waals surface area contributed by atoms with Gasteiger partial charge in [-0.05, 0) is 38.1 Å². The van der Waals surface area contributed by atoms with Gasteiger partial charge in [0.25, 0.3) is 0 Å². The Morgan fingerprint density at radius 2 is 1.84 bits per heavy atom. The van der Waals surface area contributed by atoms with Crippen LogP contribution in [0.4, 0.5) is 0 Å². The SMILES string of the molecule is CCc1ccc(S(=O)(=O)N2CCN(C)C(C)C2)cc1. The molecule has 1 saturated heterocycles. The molecule has 1 aliphatic heterocycles. The number of aryl methyl sites for hydroxylation is 1. The highest BCUT2D eigenvalue weighted by atomic mass is 32.2. The molecule has 1 atom stereocenters. The number of sulfonamides is 1. The van der Waals surface area contributed by atoms with E-state index in [1.165, 1.54) is 0 Å². The molecule has 0 bridgehead atoms. The van der Waals surface area contributed by atoms with Crippen LogP contribution in [0.5, 0.6) is 0 Å². The van der Waals surface area contributed by atoms with E-state index in [0.29, 0.717) is 18.0 Å². The van der Waals surface area contributed by atoms with E-state index < -0.39 is 10.0 Å². The van der Waals surface area contributed by atoms with E-state index in [1.54, 1.807) is 16.4 Å². The topological polar surface area (TPSA) is 40.6 Å². The van der Waals surface area contributed by atoms with Gasteiger partial charge in [-0.1, -0.05) is 19.1 Å². The summed E-state index contributed by atoms with van der Waals surface area (Å²) in [6.07, 6.45) is 0.922. The van der Waals surface area contributed by atoms with Gasteiger partial charge >= 0.3 is 0 Å². The molecule has 0 radical (unpaired) electrons. The predicted octanol–water partition coefficient (Wildman–Crippen LogP) is 1.57. The number of rotatable bonds is 3. The van der Waals surface area contributed by atoms with Crippen LogP contribution >= 0.6 is 0 Å². The largest absolute Gasteiger partial charge is 0.301 e. The maximum Gasteiger partial charge on any atom is 0.243 e. The van der Waals surface area contributed by atoms with Gasteiger partial charge in [0.15, 0.2) is 0 Å². The lowest BCUT2D eigenvalue weighted by Crippen LogP contribution is -2.51. The summed E-state index contributed by atoms with van der Waals surface area (Å²) in [4.78, 5) is 2.59. The van der Waals surface area contributed by atoms with Crippen molar-refractivity contribution in [1.82, 2.24) is 9.21 Å². The molecule has 19 heavy (non-hydrogen) atoms. The van der Waals surface area contributed by atoms with Crippen LogP contribution < -0.4 is 0 Å². The predicted molar refractivity (Wildman–Crippen MR) is 76.7 cm³/mol. The van der Waals surface area contributed by atoms with E-state index in [0.717, 1.165) is 18.5 Å². The Balaban J connectivity index is 2.21. The van der Waals surface area contributed by atoms with Gasteiger partial charge in [0, 0.05) is 25.7 Å². The van der Waals surface area contributed by atoms with Crippen LogP contribution in [0.2, 0.25) is 0 Å². The molecule has 0 aliphatic carbocycles. The summed E-state index contributed by atoms with van der Waals surface area (Å²) in [5, 5.41) is 0. The summed E-state index contributed by atoms with van der Waals surface area (Å²) < 4.78 is 26.7. The van der Waals surface area contributed by atoms with Gasteiger partial charge in [0.05, 0.1) is 4.90 Å². The molecule has 5 heteroatoms. The minimum absolute atomic E-state index is 0.262. The summed E-state index contributed by atoms with van der Waals surface area (Å²) in [6.45, 7) is 6.04. The third-order valence-electron chi connectivity index (χ3n) is 3.89. The zero-order chi connectivity index (χ0) is 14.0. The third kappa shape index (κ3) is 2.99. The second-order valence-corrected chi connectivity index (χ2v) is 7.13. The number of hydrogen-bond acceptors (Lipinski definition) is 3. The minimum atomic E-state index is -3.34. The molecule has 1 aliphatic rings. The zero-order valence-corrected chi connectivity index (χ0v) is 12.7. The molecule has 4 nitrogen and oxygen atoms in total. The molecule has 2 rings (SSSR count). The quantitative estimate of drug-likeness (QED) is 0.845. The standard InChI is InChI=1S/C14H22N2O2S/c1-4-13-5-7-14(8-6-13)19(17,18)16-10-9-15(3)12(2)11-16/h5-8,12H,4,9-11H2,1-3H3. The molecule has 0 saturated carbocycles. The lowest BCUT2D eigenvalue weighted by Gasteiger charge is -2.36. The first-order valence-corrected chi connectivity index (χ1v) is 8.18. The molecule has 1 aromatic carbocycles. The average Bonchev–Trinajstić information content (AvgIpc) is 2.41. The summed E-state index contributed by atoms with van der Waals surface area (Å²) >= 11 is 0. The molecule has 106 valence electrons. The first-order chi connectivity index (χ1) is 8.95. The smallest absolute Gasteiger partial charge is 0.243 e. The molecular formula is C14H22N2O2S. The maximum absolute atomic E-state index is 12.5. The van der Waals surface area contributed by atoms with Crippen molar-refractivity contribution < 1.29 is 8.42 Å². The molecular weight excluding hydrogens is 260 g/mol. The van der Waals surface area contributed by atoms with Crippen LogP contribution in [0.3, 0.4) is 0 Å². The summed E-state index contributed by atoms with van der Waals surface area (Å²) in [6, 6.07) is 7.49. The maximum atomic E-state index is 12.5. The summed E-state index contributed by atoms with van der Waals surface area (Å²) in [5.74, 6) is 0. The zero-order valence-electron chi connectivity index (χ0n) is 11.8. The lowest BCUT2D eigenvalue weighted by atomic mass is 10.2. The van der Waals surface area contributed by atoms with Gasteiger partial charge in [-0.3, -0.25) is 0 Å². The highest BCUT2D eigenvalue weighted by Gasteiger charge is 2.30. The van der Waals surface area contributed by atoms with Crippen LogP contribution in [0.1, 0.15) is 19.4 Å². The Labute approximate surface area is 116 Å². The fourth-order valence-electron chi connectivity index (χ4n) is 2.28. The molecule has 1 aromatic rings. The average molecular weight is 282 g/mol. The molecule has 0 spiro atoms.